The average molecular weight is 278 g/mol. The normalized spacial score (nSPS) is 13.6. The number of nitrogens with two attached hydrogens (primary N) is 1. The lowest BCUT2D eigenvalue weighted by Crippen LogP contribution is -2.40. The first kappa shape index (κ1) is 17.0. The van der Waals surface area contributed by atoms with Crippen molar-refractivity contribution < 1.29 is 4.74 Å². The molecule has 0 fully saturated rings. The van der Waals surface area contributed by atoms with E-state index in [2.05, 4.69) is 39.6 Å². The Kier molecular flexibility index (Phi) is 6.50. The molecule has 3 heteroatoms. The Hall–Kier alpha value is -1.06. The molecule has 114 valence electrons. The minimum absolute atomic E-state index is 0.311. The van der Waals surface area contributed by atoms with Crippen molar-refractivity contribution in [1.82, 2.24) is 4.90 Å². The first-order valence-corrected chi connectivity index (χ1v) is 7.46. The van der Waals surface area contributed by atoms with Crippen molar-refractivity contribution in [3.63, 3.8) is 0 Å². The maximum atomic E-state index is 5.78. The second-order valence-electron chi connectivity index (χ2n) is 6.58. The van der Waals surface area contributed by atoms with Gasteiger partial charge in [-0.2, -0.15) is 0 Å². The molecule has 0 saturated heterocycles. The smallest absolute Gasteiger partial charge is 0.119 e. The van der Waals surface area contributed by atoms with Crippen LogP contribution in [-0.2, 0) is 6.54 Å². The number of hydrogen-bond acceptors (Lipinski definition) is 3. The molecule has 0 spiro atoms. The van der Waals surface area contributed by atoms with Crippen molar-refractivity contribution in [2.75, 3.05) is 20.2 Å². The molecule has 0 bridgehead atoms. The molecule has 1 aromatic rings. The summed E-state index contributed by atoms with van der Waals surface area (Å²) in [6.45, 7) is 11.5. The minimum atomic E-state index is 0.311. The van der Waals surface area contributed by atoms with Crippen LogP contribution in [0, 0.1) is 5.41 Å². The van der Waals surface area contributed by atoms with Gasteiger partial charge in [-0.05, 0) is 43.5 Å². The van der Waals surface area contributed by atoms with Crippen LogP contribution in [0.5, 0.6) is 5.75 Å². The minimum Gasteiger partial charge on any atom is -0.494 e. The maximum Gasteiger partial charge on any atom is 0.119 e. The summed E-state index contributed by atoms with van der Waals surface area (Å²) in [6.07, 6.45) is 1.03. The molecule has 0 saturated carbocycles. The Morgan fingerprint density at radius 2 is 2.00 bits per heavy atom. The SMILES string of the molecule is CC(N(C)CCCOc1cccc(CN)c1)C(C)(C)C. The van der Waals surface area contributed by atoms with Crippen molar-refractivity contribution in [3.05, 3.63) is 29.8 Å². The summed E-state index contributed by atoms with van der Waals surface area (Å²) >= 11 is 0. The fourth-order valence-corrected chi connectivity index (χ4v) is 2.12. The molecule has 1 unspecified atom stereocenters. The lowest BCUT2D eigenvalue weighted by atomic mass is 9.87. The van der Waals surface area contributed by atoms with E-state index in [1.54, 1.807) is 0 Å². The summed E-state index contributed by atoms with van der Waals surface area (Å²) in [5, 5.41) is 0. The van der Waals surface area contributed by atoms with Crippen LogP contribution in [0.2, 0.25) is 0 Å². The van der Waals surface area contributed by atoms with E-state index in [-0.39, 0.29) is 0 Å². The van der Waals surface area contributed by atoms with Crippen LogP contribution >= 0.6 is 0 Å². The standard InChI is InChI=1S/C17H30N2O/c1-14(17(2,3)4)19(5)10-7-11-20-16-9-6-8-15(12-16)13-18/h6,8-9,12,14H,7,10-11,13,18H2,1-5H3. The van der Waals surface area contributed by atoms with E-state index in [1.807, 2.05) is 24.3 Å². The number of hydrogen-bond donors (Lipinski definition) is 1. The average Bonchev–Trinajstić information content (AvgIpc) is 2.41. The van der Waals surface area contributed by atoms with Crippen LogP contribution < -0.4 is 10.5 Å². The van der Waals surface area contributed by atoms with Gasteiger partial charge in [-0.15, -0.1) is 0 Å². The molecule has 0 amide bonds. The van der Waals surface area contributed by atoms with E-state index >= 15 is 0 Å². The van der Waals surface area contributed by atoms with Gasteiger partial charge in [0.05, 0.1) is 6.61 Å². The Morgan fingerprint density at radius 3 is 2.60 bits per heavy atom. The Labute approximate surface area is 124 Å². The number of rotatable bonds is 7. The number of benzene rings is 1. The zero-order chi connectivity index (χ0) is 15.2. The topological polar surface area (TPSA) is 38.5 Å². The van der Waals surface area contributed by atoms with Gasteiger partial charge >= 0.3 is 0 Å². The molecule has 0 radical (unpaired) electrons. The summed E-state index contributed by atoms with van der Waals surface area (Å²) in [7, 11) is 2.19. The third kappa shape index (κ3) is 5.51. The van der Waals surface area contributed by atoms with Crippen LogP contribution in [0.15, 0.2) is 24.3 Å². The Bertz CT molecular complexity index is 398. The Balaban J connectivity index is 2.31. The van der Waals surface area contributed by atoms with E-state index in [0.717, 1.165) is 30.9 Å². The van der Waals surface area contributed by atoms with Gasteiger partial charge in [-0.25, -0.2) is 0 Å². The molecule has 20 heavy (non-hydrogen) atoms. The van der Waals surface area contributed by atoms with Crippen molar-refractivity contribution in [2.24, 2.45) is 11.1 Å². The lowest BCUT2D eigenvalue weighted by molar-refractivity contribution is 0.133. The monoisotopic (exact) mass is 278 g/mol. The highest BCUT2D eigenvalue weighted by Crippen LogP contribution is 2.23. The summed E-state index contributed by atoms with van der Waals surface area (Å²) in [5.74, 6) is 0.916. The first-order chi connectivity index (χ1) is 9.34. The van der Waals surface area contributed by atoms with Crippen molar-refractivity contribution >= 4 is 0 Å². The van der Waals surface area contributed by atoms with E-state index in [0.29, 0.717) is 18.0 Å². The summed E-state index contributed by atoms with van der Waals surface area (Å²) in [4.78, 5) is 2.40. The molecule has 1 atom stereocenters. The predicted octanol–water partition coefficient (Wildman–Crippen LogP) is 3.28. The summed E-state index contributed by atoms with van der Waals surface area (Å²) in [6, 6.07) is 8.57. The highest BCUT2D eigenvalue weighted by molar-refractivity contribution is 5.28. The number of ether oxygens (including phenoxy) is 1. The van der Waals surface area contributed by atoms with Crippen LogP contribution in [0.4, 0.5) is 0 Å². The number of nitrogens with zero attached hydrogens (tertiary/aromatic N) is 1. The van der Waals surface area contributed by atoms with Crippen molar-refractivity contribution in [1.29, 1.82) is 0 Å². The van der Waals surface area contributed by atoms with E-state index in [9.17, 15) is 0 Å². The quantitative estimate of drug-likeness (QED) is 0.778. The Morgan fingerprint density at radius 1 is 1.30 bits per heavy atom. The summed E-state index contributed by atoms with van der Waals surface area (Å²) in [5.41, 5.74) is 7.05. The zero-order valence-corrected chi connectivity index (χ0v) is 13.6. The second-order valence-corrected chi connectivity index (χ2v) is 6.58. The van der Waals surface area contributed by atoms with Crippen LogP contribution in [0.25, 0.3) is 0 Å². The van der Waals surface area contributed by atoms with Crippen molar-refractivity contribution in [3.8, 4) is 5.75 Å². The van der Waals surface area contributed by atoms with Gasteiger partial charge in [-0.3, -0.25) is 0 Å². The molecular weight excluding hydrogens is 248 g/mol. The van der Waals surface area contributed by atoms with Gasteiger partial charge < -0.3 is 15.4 Å². The third-order valence-corrected chi connectivity index (χ3v) is 3.97. The molecule has 0 aliphatic rings. The molecule has 0 aliphatic heterocycles. The third-order valence-electron chi connectivity index (χ3n) is 3.97. The van der Waals surface area contributed by atoms with Crippen LogP contribution in [0.3, 0.4) is 0 Å². The van der Waals surface area contributed by atoms with Crippen LogP contribution in [0.1, 0.15) is 39.7 Å². The molecule has 1 aromatic carbocycles. The second kappa shape index (κ2) is 7.65. The van der Waals surface area contributed by atoms with Gasteiger partial charge in [0, 0.05) is 19.1 Å². The van der Waals surface area contributed by atoms with E-state index < -0.39 is 0 Å². The van der Waals surface area contributed by atoms with E-state index in [4.69, 9.17) is 10.5 Å². The van der Waals surface area contributed by atoms with Gasteiger partial charge in [0.15, 0.2) is 0 Å². The van der Waals surface area contributed by atoms with Crippen LogP contribution in [-0.4, -0.2) is 31.1 Å². The van der Waals surface area contributed by atoms with Gasteiger partial charge in [0.25, 0.3) is 0 Å². The highest BCUT2D eigenvalue weighted by atomic mass is 16.5. The largest absolute Gasteiger partial charge is 0.494 e. The molecule has 0 heterocycles. The molecular formula is C17H30N2O. The predicted molar refractivity (Wildman–Crippen MR) is 86.0 cm³/mol. The lowest BCUT2D eigenvalue weighted by Gasteiger charge is -2.35. The molecule has 0 aromatic heterocycles. The zero-order valence-electron chi connectivity index (χ0n) is 13.6. The highest BCUT2D eigenvalue weighted by Gasteiger charge is 2.23. The van der Waals surface area contributed by atoms with Crippen molar-refractivity contribution in [2.45, 2.75) is 46.7 Å². The van der Waals surface area contributed by atoms with Gasteiger partial charge in [0.1, 0.15) is 5.75 Å². The molecule has 0 aliphatic carbocycles. The molecule has 2 N–H and O–H groups in total. The summed E-state index contributed by atoms with van der Waals surface area (Å²) < 4.78 is 5.78. The fourth-order valence-electron chi connectivity index (χ4n) is 2.12. The van der Waals surface area contributed by atoms with Gasteiger partial charge in [-0.1, -0.05) is 32.9 Å². The first-order valence-electron chi connectivity index (χ1n) is 7.46. The fraction of sp³-hybridized carbons (Fsp3) is 0.647. The molecule has 3 nitrogen and oxygen atoms in total. The maximum absolute atomic E-state index is 5.78. The van der Waals surface area contributed by atoms with Gasteiger partial charge in [0.2, 0.25) is 0 Å². The molecule has 1 rings (SSSR count). The van der Waals surface area contributed by atoms with E-state index in [1.165, 1.54) is 0 Å².